The molecule has 1 unspecified atom stereocenters. The number of nitrogens with zero attached hydrogens (tertiary/aromatic N) is 1. The Kier molecular flexibility index (Phi) is 8.84. The van der Waals surface area contributed by atoms with Crippen LogP contribution in [-0.4, -0.2) is 67.4 Å². The number of hydrogen-bond donors (Lipinski definition) is 2. The van der Waals surface area contributed by atoms with Gasteiger partial charge in [-0.1, -0.05) is 37.0 Å². The predicted molar refractivity (Wildman–Crippen MR) is 127 cm³/mol. The summed E-state index contributed by atoms with van der Waals surface area (Å²) < 4.78 is 11.1. The van der Waals surface area contributed by atoms with E-state index in [1.807, 2.05) is 13.8 Å². The zero-order valence-electron chi connectivity index (χ0n) is 19.3. The van der Waals surface area contributed by atoms with Gasteiger partial charge in [0.1, 0.15) is 12.1 Å². The standard InChI is InChI=1S/C22H28BCl2N3O6/c1-12(2)9-18(23-33-21(31)16-5-4-6-17(28(16)3)22(32)34-23)27-19(29)11-26-20(30)14-10-13(24)7-8-15(14)25/h7-8,10,12,16-18H,4-6,9,11H2,1-3H3,(H,26,30)(H,27,29)/t16-,17+,18?. The summed E-state index contributed by atoms with van der Waals surface area (Å²) in [5.74, 6) is -2.77. The van der Waals surface area contributed by atoms with Crippen molar-refractivity contribution in [1.29, 1.82) is 0 Å². The van der Waals surface area contributed by atoms with Gasteiger partial charge in [0.05, 0.1) is 23.1 Å². The number of likely N-dealkylation sites (N-methyl/N-ethyl adjacent to an activating group) is 1. The molecule has 1 aromatic carbocycles. The van der Waals surface area contributed by atoms with Gasteiger partial charge in [-0.25, -0.2) is 0 Å². The zero-order chi connectivity index (χ0) is 25.0. The molecule has 2 amide bonds. The van der Waals surface area contributed by atoms with E-state index in [2.05, 4.69) is 10.6 Å². The van der Waals surface area contributed by atoms with Crippen molar-refractivity contribution in [3.05, 3.63) is 33.8 Å². The molecule has 0 radical (unpaired) electrons. The molecule has 0 saturated carbocycles. The summed E-state index contributed by atoms with van der Waals surface area (Å²) in [5.41, 5.74) is 0.138. The molecular weight excluding hydrogens is 484 g/mol. The van der Waals surface area contributed by atoms with Gasteiger partial charge in [-0.05, 0) is 56.8 Å². The molecule has 2 N–H and O–H groups in total. The van der Waals surface area contributed by atoms with Crippen LogP contribution in [0, 0.1) is 5.92 Å². The van der Waals surface area contributed by atoms with Crippen molar-refractivity contribution in [3.63, 3.8) is 0 Å². The molecule has 12 heteroatoms. The number of fused-ring (bicyclic) bond motifs is 2. The number of carbonyl (C=O) groups excluding carboxylic acids is 4. The second-order valence-corrected chi connectivity index (χ2v) is 9.82. The van der Waals surface area contributed by atoms with Crippen molar-refractivity contribution in [2.24, 2.45) is 5.92 Å². The number of benzene rings is 1. The Morgan fingerprint density at radius 2 is 1.76 bits per heavy atom. The maximum absolute atomic E-state index is 12.8. The van der Waals surface area contributed by atoms with Crippen molar-refractivity contribution < 1.29 is 28.5 Å². The minimum Gasteiger partial charge on any atom is -0.497 e. The average molecular weight is 512 g/mol. The highest BCUT2D eigenvalue weighted by molar-refractivity contribution is 6.51. The second-order valence-electron chi connectivity index (χ2n) is 8.98. The summed E-state index contributed by atoms with van der Waals surface area (Å²) in [6.07, 6.45) is 2.28. The van der Waals surface area contributed by atoms with E-state index in [0.29, 0.717) is 24.3 Å². The Bertz CT molecular complexity index is 937. The fraction of sp³-hybridized carbons (Fsp3) is 0.545. The van der Waals surface area contributed by atoms with E-state index >= 15 is 0 Å². The first-order chi connectivity index (χ1) is 16.1. The third kappa shape index (κ3) is 6.43. The van der Waals surface area contributed by atoms with Crippen LogP contribution in [0.4, 0.5) is 0 Å². The Morgan fingerprint density at radius 3 is 2.35 bits per heavy atom. The minimum absolute atomic E-state index is 0.0928. The Morgan fingerprint density at radius 1 is 1.15 bits per heavy atom. The van der Waals surface area contributed by atoms with E-state index in [1.165, 1.54) is 12.1 Å². The van der Waals surface area contributed by atoms with Gasteiger partial charge in [-0.2, -0.15) is 0 Å². The molecule has 9 nitrogen and oxygen atoms in total. The van der Waals surface area contributed by atoms with Crippen LogP contribution in [-0.2, 0) is 23.7 Å². The molecular formula is C22H28BCl2N3O6. The molecule has 34 heavy (non-hydrogen) atoms. The SMILES string of the molecule is CC(C)CC(NC(=O)CNC(=O)c1cc(Cl)ccc1Cl)B1OC(=O)[C@H]2CCC[C@@H](C(=O)O1)N2C. The van der Waals surface area contributed by atoms with Crippen LogP contribution in [0.3, 0.4) is 0 Å². The summed E-state index contributed by atoms with van der Waals surface area (Å²) in [7, 11) is 0.445. The van der Waals surface area contributed by atoms with Crippen LogP contribution in [0.25, 0.3) is 0 Å². The maximum atomic E-state index is 12.8. The lowest BCUT2D eigenvalue weighted by Gasteiger charge is -2.40. The van der Waals surface area contributed by atoms with E-state index < -0.39 is 48.9 Å². The molecule has 2 aliphatic rings. The second kappa shape index (κ2) is 11.4. The van der Waals surface area contributed by atoms with Gasteiger partial charge in [0.2, 0.25) is 5.91 Å². The van der Waals surface area contributed by atoms with Crippen LogP contribution in [0.15, 0.2) is 18.2 Å². The number of nitrogens with one attached hydrogen (secondary N) is 2. The quantitative estimate of drug-likeness (QED) is 0.539. The van der Waals surface area contributed by atoms with Gasteiger partial charge in [-0.3, -0.25) is 24.1 Å². The van der Waals surface area contributed by atoms with Crippen LogP contribution in [0.2, 0.25) is 10.0 Å². The zero-order valence-corrected chi connectivity index (χ0v) is 20.8. The lowest BCUT2D eigenvalue weighted by molar-refractivity contribution is -0.157. The van der Waals surface area contributed by atoms with Crippen LogP contribution in [0.5, 0.6) is 0 Å². The Balaban J connectivity index is 1.68. The van der Waals surface area contributed by atoms with E-state index in [4.69, 9.17) is 32.5 Å². The molecule has 3 atom stereocenters. The molecule has 0 aromatic heterocycles. The molecule has 184 valence electrons. The topological polar surface area (TPSA) is 114 Å². The molecule has 2 bridgehead atoms. The fourth-order valence-electron chi connectivity index (χ4n) is 4.20. The van der Waals surface area contributed by atoms with Crippen molar-refractivity contribution in [2.45, 2.75) is 57.6 Å². The summed E-state index contributed by atoms with van der Waals surface area (Å²) in [5, 5.41) is 5.76. The van der Waals surface area contributed by atoms with E-state index in [0.717, 1.165) is 6.42 Å². The van der Waals surface area contributed by atoms with Crippen molar-refractivity contribution in [2.75, 3.05) is 13.6 Å². The first kappa shape index (κ1) is 26.3. The lowest BCUT2D eigenvalue weighted by atomic mass is 9.73. The highest BCUT2D eigenvalue weighted by atomic mass is 35.5. The first-order valence-corrected chi connectivity index (χ1v) is 12.0. The molecule has 0 spiro atoms. The van der Waals surface area contributed by atoms with E-state index in [1.54, 1.807) is 18.0 Å². The average Bonchev–Trinajstić information content (AvgIpc) is 2.77. The highest BCUT2D eigenvalue weighted by Gasteiger charge is 2.47. The molecule has 1 aromatic rings. The summed E-state index contributed by atoms with van der Waals surface area (Å²) in [6.45, 7) is 3.49. The number of piperidine rings is 1. The van der Waals surface area contributed by atoms with Crippen LogP contribution in [0.1, 0.15) is 49.9 Å². The maximum Gasteiger partial charge on any atom is 0.622 e. The molecule has 2 saturated heterocycles. The summed E-state index contributed by atoms with van der Waals surface area (Å²) in [6, 6.07) is 3.37. The number of hydrogen-bond acceptors (Lipinski definition) is 7. The van der Waals surface area contributed by atoms with Crippen molar-refractivity contribution in [1.82, 2.24) is 15.5 Å². The fourth-order valence-corrected chi connectivity index (χ4v) is 4.58. The van der Waals surface area contributed by atoms with E-state index in [-0.39, 0.29) is 23.0 Å². The van der Waals surface area contributed by atoms with Gasteiger partial charge < -0.3 is 19.9 Å². The lowest BCUT2D eigenvalue weighted by Crippen LogP contribution is -2.61. The van der Waals surface area contributed by atoms with Gasteiger partial charge in [0.15, 0.2) is 0 Å². The number of rotatable bonds is 7. The van der Waals surface area contributed by atoms with Gasteiger partial charge >= 0.3 is 19.1 Å². The molecule has 3 rings (SSSR count). The highest BCUT2D eigenvalue weighted by Crippen LogP contribution is 2.26. The summed E-state index contributed by atoms with van der Waals surface area (Å²) in [4.78, 5) is 52.3. The summed E-state index contributed by atoms with van der Waals surface area (Å²) >= 11 is 12.0. The monoisotopic (exact) mass is 511 g/mol. The Hall–Kier alpha value is -2.30. The largest absolute Gasteiger partial charge is 0.622 e. The smallest absolute Gasteiger partial charge is 0.497 e. The molecule has 2 heterocycles. The third-order valence-electron chi connectivity index (χ3n) is 5.93. The third-order valence-corrected chi connectivity index (χ3v) is 6.49. The number of amides is 2. The normalized spacial score (nSPS) is 21.8. The van der Waals surface area contributed by atoms with E-state index in [9.17, 15) is 19.2 Å². The minimum atomic E-state index is -1.26. The van der Waals surface area contributed by atoms with Crippen LogP contribution < -0.4 is 10.6 Å². The molecule has 2 aliphatic heterocycles. The number of halogens is 2. The van der Waals surface area contributed by atoms with Crippen LogP contribution >= 0.6 is 23.2 Å². The predicted octanol–water partition coefficient (Wildman–Crippen LogP) is 2.23. The Labute approximate surface area is 208 Å². The van der Waals surface area contributed by atoms with Gasteiger partial charge in [0, 0.05) is 5.02 Å². The van der Waals surface area contributed by atoms with Gasteiger partial charge in [-0.15, -0.1) is 0 Å². The van der Waals surface area contributed by atoms with Crippen molar-refractivity contribution in [3.8, 4) is 0 Å². The first-order valence-electron chi connectivity index (χ1n) is 11.2. The molecule has 2 fully saturated rings. The van der Waals surface area contributed by atoms with Gasteiger partial charge in [0.25, 0.3) is 5.91 Å². The number of carbonyl (C=O) groups is 4. The molecule has 0 aliphatic carbocycles. The van der Waals surface area contributed by atoms with Crippen molar-refractivity contribution >= 4 is 54.1 Å².